The van der Waals surface area contributed by atoms with Gasteiger partial charge < -0.3 is 4.74 Å². The first kappa shape index (κ1) is 17.5. The fourth-order valence-electron chi connectivity index (χ4n) is 3.38. The highest BCUT2D eigenvalue weighted by molar-refractivity contribution is 5.77. The third kappa shape index (κ3) is 3.99. The highest BCUT2D eigenvalue weighted by atomic mass is 16.6. The van der Waals surface area contributed by atoms with Crippen LogP contribution in [0.2, 0.25) is 0 Å². The lowest BCUT2D eigenvalue weighted by atomic mass is 9.74. The fourth-order valence-corrected chi connectivity index (χ4v) is 3.38. The summed E-state index contributed by atoms with van der Waals surface area (Å²) in [7, 11) is 0. The van der Waals surface area contributed by atoms with Crippen molar-refractivity contribution in [3.05, 3.63) is 0 Å². The monoisotopic (exact) mass is 282 g/mol. The summed E-state index contributed by atoms with van der Waals surface area (Å²) in [6.45, 7) is 12.7. The maximum atomic E-state index is 12.7. The van der Waals surface area contributed by atoms with Crippen molar-refractivity contribution in [2.45, 2.75) is 92.1 Å². The molecule has 0 radical (unpaired) electrons. The first-order valence-corrected chi connectivity index (χ1v) is 8.47. The van der Waals surface area contributed by atoms with Crippen molar-refractivity contribution >= 4 is 5.97 Å². The molecule has 1 fully saturated rings. The summed E-state index contributed by atoms with van der Waals surface area (Å²) in [6, 6.07) is 0. The van der Waals surface area contributed by atoms with Crippen LogP contribution < -0.4 is 0 Å². The number of carbonyl (C=O) groups excluding carboxylic acids is 1. The van der Waals surface area contributed by atoms with Crippen molar-refractivity contribution in [2.75, 3.05) is 0 Å². The van der Waals surface area contributed by atoms with Crippen LogP contribution in [0.1, 0.15) is 86.5 Å². The van der Waals surface area contributed by atoms with Crippen LogP contribution in [0.3, 0.4) is 0 Å². The number of rotatable bonds is 6. The molecular weight excluding hydrogens is 248 g/mol. The Hall–Kier alpha value is -0.530. The van der Waals surface area contributed by atoms with E-state index in [9.17, 15) is 4.79 Å². The van der Waals surface area contributed by atoms with Crippen molar-refractivity contribution in [3.63, 3.8) is 0 Å². The van der Waals surface area contributed by atoms with E-state index < -0.39 is 0 Å². The standard InChI is InChI=1S/C18H34O2/c1-7-13-18(6,14(2)3)16(19)20-17(4,5)15-11-9-8-10-12-15/h14-15H,7-13H2,1-6H3. The molecule has 1 aliphatic rings. The lowest BCUT2D eigenvalue weighted by molar-refractivity contribution is -0.178. The van der Waals surface area contributed by atoms with Gasteiger partial charge in [0.2, 0.25) is 0 Å². The van der Waals surface area contributed by atoms with E-state index in [-0.39, 0.29) is 17.0 Å². The molecule has 0 aromatic rings. The minimum Gasteiger partial charge on any atom is -0.459 e. The molecule has 20 heavy (non-hydrogen) atoms. The largest absolute Gasteiger partial charge is 0.459 e. The number of esters is 1. The van der Waals surface area contributed by atoms with Gasteiger partial charge >= 0.3 is 5.97 Å². The highest BCUT2D eigenvalue weighted by Gasteiger charge is 2.42. The van der Waals surface area contributed by atoms with E-state index in [4.69, 9.17) is 4.74 Å². The Morgan fingerprint density at radius 2 is 1.70 bits per heavy atom. The molecule has 1 saturated carbocycles. The van der Waals surface area contributed by atoms with E-state index in [0.717, 1.165) is 12.8 Å². The molecule has 0 N–H and O–H groups in total. The number of ether oxygens (including phenoxy) is 1. The topological polar surface area (TPSA) is 26.3 Å². The second kappa shape index (κ2) is 6.95. The van der Waals surface area contributed by atoms with Gasteiger partial charge in [0.15, 0.2) is 0 Å². The minimum absolute atomic E-state index is 0.00456. The van der Waals surface area contributed by atoms with Crippen molar-refractivity contribution in [1.82, 2.24) is 0 Å². The summed E-state index contributed by atoms with van der Waals surface area (Å²) in [5, 5.41) is 0. The van der Waals surface area contributed by atoms with Crippen molar-refractivity contribution in [3.8, 4) is 0 Å². The summed E-state index contributed by atoms with van der Waals surface area (Å²) in [5.74, 6) is 0.847. The lowest BCUT2D eigenvalue weighted by Crippen LogP contribution is -2.44. The van der Waals surface area contributed by atoms with Crippen LogP contribution in [-0.4, -0.2) is 11.6 Å². The predicted octanol–water partition coefficient (Wildman–Crippen LogP) is 5.35. The third-order valence-corrected chi connectivity index (χ3v) is 5.45. The van der Waals surface area contributed by atoms with Gasteiger partial charge in [-0.05, 0) is 51.9 Å². The average Bonchev–Trinajstić information content (AvgIpc) is 2.39. The highest BCUT2D eigenvalue weighted by Crippen LogP contribution is 2.39. The van der Waals surface area contributed by atoms with Crippen LogP contribution in [-0.2, 0) is 9.53 Å². The number of hydrogen-bond acceptors (Lipinski definition) is 2. The molecule has 0 amide bonds. The molecule has 1 aliphatic carbocycles. The molecule has 0 heterocycles. The number of carbonyl (C=O) groups is 1. The molecule has 2 nitrogen and oxygen atoms in total. The Morgan fingerprint density at radius 3 is 2.15 bits per heavy atom. The van der Waals surface area contributed by atoms with E-state index in [1.165, 1.54) is 32.1 Å². The Bertz CT molecular complexity index is 313. The van der Waals surface area contributed by atoms with Gasteiger partial charge in [-0.3, -0.25) is 4.79 Å². The molecule has 1 unspecified atom stereocenters. The fraction of sp³-hybridized carbons (Fsp3) is 0.944. The predicted molar refractivity (Wildman–Crippen MR) is 84.6 cm³/mol. The van der Waals surface area contributed by atoms with Crippen LogP contribution in [0.15, 0.2) is 0 Å². The Balaban J connectivity index is 2.75. The smallest absolute Gasteiger partial charge is 0.312 e. The van der Waals surface area contributed by atoms with Crippen molar-refractivity contribution < 1.29 is 9.53 Å². The zero-order valence-electron chi connectivity index (χ0n) is 14.4. The van der Waals surface area contributed by atoms with Gasteiger partial charge in [0.05, 0.1) is 5.41 Å². The zero-order valence-corrected chi connectivity index (χ0v) is 14.4. The maximum Gasteiger partial charge on any atom is 0.312 e. The summed E-state index contributed by atoms with van der Waals surface area (Å²) in [5.41, 5.74) is -0.665. The Labute approximate surface area is 125 Å². The van der Waals surface area contributed by atoms with Crippen molar-refractivity contribution in [2.24, 2.45) is 17.3 Å². The van der Waals surface area contributed by atoms with Crippen LogP contribution >= 0.6 is 0 Å². The van der Waals surface area contributed by atoms with Gasteiger partial charge in [-0.15, -0.1) is 0 Å². The molecule has 0 aromatic carbocycles. The molecule has 118 valence electrons. The second-order valence-electron chi connectivity index (χ2n) is 7.65. The first-order valence-electron chi connectivity index (χ1n) is 8.47. The van der Waals surface area contributed by atoms with Crippen LogP contribution in [0.4, 0.5) is 0 Å². The lowest BCUT2D eigenvalue weighted by Gasteiger charge is -2.40. The van der Waals surface area contributed by atoms with E-state index >= 15 is 0 Å². The molecule has 2 heteroatoms. The third-order valence-electron chi connectivity index (χ3n) is 5.45. The van der Waals surface area contributed by atoms with E-state index in [1.54, 1.807) is 0 Å². The molecular formula is C18H34O2. The normalized spacial score (nSPS) is 20.8. The van der Waals surface area contributed by atoms with Crippen LogP contribution in [0, 0.1) is 17.3 Å². The maximum absolute atomic E-state index is 12.7. The zero-order chi connectivity index (χ0) is 15.4. The van der Waals surface area contributed by atoms with E-state index in [0.29, 0.717) is 11.8 Å². The summed E-state index contributed by atoms with van der Waals surface area (Å²) < 4.78 is 6.02. The molecule has 0 aliphatic heterocycles. The van der Waals surface area contributed by atoms with E-state index in [1.807, 2.05) is 0 Å². The average molecular weight is 282 g/mol. The SMILES string of the molecule is CCCC(C)(C(=O)OC(C)(C)C1CCCCC1)C(C)C. The number of hydrogen-bond donors (Lipinski definition) is 0. The van der Waals surface area contributed by atoms with Gasteiger partial charge in [0.1, 0.15) is 5.60 Å². The molecule has 1 atom stereocenters. The van der Waals surface area contributed by atoms with Gasteiger partial charge in [-0.2, -0.15) is 0 Å². The van der Waals surface area contributed by atoms with Gasteiger partial charge in [-0.1, -0.05) is 46.5 Å². The molecule has 1 rings (SSSR count). The molecule has 0 spiro atoms. The van der Waals surface area contributed by atoms with Crippen molar-refractivity contribution in [1.29, 1.82) is 0 Å². The summed E-state index contributed by atoms with van der Waals surface area (Å²) in [4.78, 5) is 12.7. The van der Waals surface area contributed by atoms with Crippen LogP contribution in [0.5, 0.6) is 0 Å². The molecule has 0 bridgehead atoms. The van der Waals surface area contributed by atoms with E-state index in [2.05, 4.69) is 41.5 Å². The molecule has 0 saturated heterocycles. The first-order chi connectivity index (χ1) is 9.24. The Kier molecular flexibility index (Phi) is 6.09. The minimum atomic E-state index is -0.347. The Morgan fingerprint density at radius 1 is 1.15 bits per heavy atom. The quantitative estimate of drug-likeness (QED) is 0.614. The van der Waals surface area contributed by atoms with Gasteiger partial charge in [-0.25, -0.2) is 0 Å². The second-order valence-corrected chi connectivity index (χ2v) is 7.65. The van der Waals surface area contributed by atoms with Gasteiger partial charge in [0.25, 0.3) is 0 Å². The van der Waals surface area contributed by atoms with Crippen LogP contribution in [0.25, 0.3) is 0 Å². The summed E-state index contributed by atoms with van der Waals surface area (Å²) >= 11 is 0. The molecule has 0 aromatic heterocycles. The summed E-state index contributed by atoms with van der Waals surface area (Å²) in [6.07, 6.45) is 8.22. The van der Waals surface area contributed by atoms with Gasteiger partial charge in [0, 0.05) is 0 Å².